The van der Waals surface area contributed by atoms with Gasteiger partial charge in [-0.1, -0.05) is 6.07 Å². The highest BCUT2D eigenvalue weighted by Gasteiger charge is 2.30. The Morgan fingerprint density at radius 3 is 2.77 bits per heavy atom. The summed E-state index contributed by atoms with van der Waals surface area (Å²) in [4.78, 5) is 43.9. The Kier molecular flexibility index (Phi) is 6.31. The topological polar surface area (TPSA) is 175 Å². The van der Waals surface area contributed by atoms with E-state index < -0.39 is 22.4 Å². The number of benzene rings is 1. The van der Waals surface area contributed by atoms with Crippen LogP contribution in [0.2, 0.25) is 0 Å². The van der Waals surface area contributed by atoms with Crippen molar-refractivity contribution in [3.63, 3.8) is 0 Å². The zero-order chi connectivity index (χ0) is 28.1. The molecule has 3 N–H and O–H groups in total. The van der Waals surface area contributed by atoms with Crippen molar-refractivity contribution in [2.75, 3.05) is 11.9 Å². The molecule has 6 rings (SSSR count). The van der Waals surface area contributed by atoms with Gasteiger partial charge in [-0.05, 0) is 41.0 Å². The second-order valence-electron chi connectivity index (χ2n) is 10.1. The molecule has 4 heterocycles. The molecule has 1 aromatic carbocycles. The van der Waals surface area contributed by atoms with Crippen molar-refractivity contribution in [1.29, 1.82) is 0 Å². The number of aliphatic hydroxyl groups excluding tert-OH is 1. The summed E-state index contributed by atoms with van der Waals surface area (Å²) in [6, 6.07) is 5.46. The molecule has 13 heteroatoms. The second-order valence-corrected chi connectivity index (χ2v) is 10.1. The molecule has 40 heavy (non-hydrogen) atoms. The van der Waals surface area contributed by atoms with Gasteiger partial charge < -0.3 is 34.9 Å². The minimum Gasteiger partial charge on any atom is -0.477 e. The van der Waals surface area contributed by atoms with Crippen molar-refractivity contribution in [2.45, 2.75) is 51.7 Å². The van der Waals surface area contributed by atoms with Crippen molar-refractivity contribution in [2.24, 2.45) is 0 Å². The number of fused-ring (bicyclic) bond motifs is 5. The van der Waals surface area contributed by atoms with Crippen LogP contribution in [0, 0.1) is 17.0 Å². The quantitative estimate of drug-likeness (QED) is 0.220. The Morgan fingerprint density at radius 1 is 1.25 bits per heavy atom. The average Bonchev–Trinajstić information content (AvgIpc) is 3.73. The third kappa shape index (κ3) is 4.48. The molecule has 3 aromatic heterocycles. The number of hydrogen-bond acceptors (Lipinski definition) is 9. The summed E-state index contributed by atoms with van der Waals surface area (Å²) in [7, 11) is 0. The van der Waals surface area contributed by atoms with Gasteiger partial charge in [-0.2, -0.15) is 0 Å². The van der Waals surface area contributed by atoms with Gasteiger partial charge in [0, 0.05) is 48.4 Å². The van der Waals surface area contributed by atoms with Gasteiger partial charge in [0.2, 0.25) is 5.43 Å². The third-order valence-corrected chi connectivity index (χ3v) is 7.39. The summed E-state index contributed by atoms with van der Waals surface area (Å²) in [5.74, 6) is -0.494. The van der Waals surface area contributed by atoms with Gasteiger partial charge in [0.1, 0.15) is 30.2 Å². The minimum absolute atomic E-state index is 0.00403. The van der Waals surface area contributed by atoms with Gasteiger partial charge in [0.25, 0.3) is 0 Å². The maximum Gasteiger partial charge on any atom is 0.342 e. The van der Waals surface area contributed by atoms with Crippen LogP contribution < -0.4 is 10.7 Å². The van der Waals surface area contributed by atoms with Crippen molar-refractivity contribution < 1.29 is 24.7 Å². The summed E-state index contributed by atoms with van der Waals surface area (Å²) in [6.07, 6.45) is 5.21. The molecular formula is C27H26N6O7. The molecule has 4 aromatic rings. The first-order valence-corrected chi connectivity index (χ1v) is 12.8. The SMILES string of the molecule is Cc1ncc([N+](=O)[O-])n1CC(O)CNc1cc2c(cn1)-c1ccc3c(=O)c(C(=O)O)cn(C4CC4)c3c1COC2. The lowest BCUT2D eigenvalue weighted by molar-refractivity contribution is -0.392. The summed E-state index contributed by atoms with van der Waals surface area (Å²) in [5, 5.41) is 34.8. The standard InChI is InChI=1S/C27H26N6O7/c1-14-28-9-24(33(38)39)31(14)10-17(34)7-29-23-6-15-12-40-13-22-18(20(15)8-30-23)4-5-19-25(22)32(16-2-3-16)11-21(26(19)35)27(36)37/h4-6,8-9,11,16-17,34H,2-3,7,10,12-13H2,1H3,(H,29,30)(H,36,37). The smallest absolute Gasteiger partial charge is 0.342 e. The number of rotatable bonds is 8. The number of nitrogens with zero attached hydrogens (tertiary/aromatic N) is 5. The van der Waals surface area contributed by atoms with E-state index in [-0.39, 0.29) is 43.7 Å². The van der Waals surface area contributed by atoms with E-state index in [1.54, 1.807) is 19.2 Å². The van der Waals surface area contributed by atoms with Gasteiger partial charge in [0.05, 0.1) is 18.7 Å². The molecule has 0 spiro atoms. The van der Waals surface area contributed by atoms with Crippen molar-refractivity contribution in [3.05, 3.63) is 79.6 Å². The number of anilines is 1. The minimum atomic E-state index is -1.24. The first-order chi connectivity index (χ1) is 19.2. The lowest BCUT2D eigenvalue weighted by Gasteiger charge is -2.17. The molecule has 1 aliphatic heterocycles. The number of aryl methyl sites for hydroxylation is 1. The van der Waals surface area contributed by atoms with E-state index in [1.807, 2.05) is 16.7 Å². The Labute approximate surface area is 226 Å². The number of carboxylic acids is 1. The van der Waals surface area contributed by atoms with E-state index in [4.69, 9.17) is 4.74 Å². The summed E-state index contributed by atoms with van der Waals surface area (Å²) < 4.78 is 9.28. The van der Waals surface area contributed by atoms with E-state index >= 15 is 0 Å². The van der Waals surface area contributed by atoms with Crippen LogP contribution in [-0.4, -0.2) is 52.9 Å². The largest absolute Gasteiger partial charge is 0.477 e. The van der Waals surface area contributed by atoms with Crippen molar-refractivity contribution >= 4 is 28.5 Å². The van der Waals surface area contributed by atoms with E-state index in [1.165, 1.54) is 17.0 Å². The van der Waals surface area contributed by atoms with Crippen molar-refractivity contribution in [1.82, 2.24) is 19.1 Å². The van der Waals surface area contributed by atoms with Crippen LogP contribution in [0.25, 0.3) is 22.0 Å². The molecule has 0 radical (unpaired) electrons. The fraction of sp³-hybridized carbons (Fsp3) is 0.333. The molecular weight excluding hydrogens is 520 g/mol. The van der Waals surface area contributed by atoms with Crippen LogP contribution in [0.15, 0.2) is 41.6 Å². The number of nitrogens with one attached hydrogen (secondary N) is 1. The second kappa shape index (κ2) is 9.84. The van der Waals surface area contributed by atoms with E-state index in [9.17, 15) is 29.9 Å². The molecule has 13 nitrogen and oxygen atoms in total. The number of imidazole rings is 1. The highest BCUT2D eigenvalue weighted by Crippen LogP contribution is 2.41. The molecule has 1 saturated carbocycles. The molecule has 1 fully saturated rings. The average molecular weight is 547 g/mol. The Hall–Kier alpha value is -4.62. The number of carbonyl (C=O) groups is 1. The molecule has 1 aliphatic carbocycles. The Balaban J connectivity index is 1.30. The number of ether oxygens (including phenoxy) is 1. The lowest BCUT2D eigenvalue weighted by atomic mass is 9.95. The number of nitro groups is 1. The Morgan fingerprint density at radius 2 is 2.05 bits per heavy atom. The van der Waals surface area contributed by atoms with Crippen LogP contribution >= 0.6 is 0 Å². The van der Waals surface area contributed by atoms with Gasteiger partial charge in [-0.15, -0.1) is 0 Å². The van der Waals surface area contributed by atoms with Crippen LogP contribution in [0.4, 0.5) is 11.6 Å². The van der Waals surface area contributed by atoms with Crippen LogP contribution in [-0.2, 0) is 24.5 Å². The van der Waals surface area contributed by atoms with E-state index in [0.29, 0.717) is 22.5 Å². The van der Waals surface area contributed by atoms with E-state index in [0.717, 1.165) is 35.1 Å². The highest BCUT2D eigenvalue weighted by molar-refractivity contribution is 5.96. The molecule has 0 bridgehead atoms. The predicted molar refractivity (Wildman–Crippen MR) is 143 cm³/mol. The number of pyridine rings is 2. The van der Waals surface area contributed by atoms with Gasteiger partial charge >= 0.3 is 11.8 Å². The maximum absolute atomic E-state index is 13.0. The Bertz CT molecular complexity index is 1740. The summed E-state index contributed by atoms with van der Waals surface area (Å²) in [5.41, 5.74) is 3.30. The van der Waals surface area contributed by atoms with Crippen molar-refractivity contribution in [3.8, 4) is 11.1 Å². The number of aromatic carboxylic acids is 1. The number of aliphatic hydroxyl groups is 1. The van der Waals surface area contributed by atoms with Crippen LogP contribution in [0.5, 0.6) is 0 Å². The zero-order valence-corrected chi connectivity index (χ0v) is 21.5. The first kappa shape index (κ1) is 25.6. The third-order valence-electron chi connectivity index (χ3n) is 7.39. The fourth-order valence-electron chi connectivity index (χ4n) is 5.26. The lowest BCUT2D eigenvalue weighted by Crippen LogP contribution is -2.26. The molecule has 0 saturated heterocycles. The van der Waals surface area contributed by atoms with Crippen LogP contribution in [0.1, 0.15) is 46.2 Å². The zero-order valence-electron chi connectivity index (χ0n) is 21.5. The first-order valence-electron chi connectivity index (χ1n) is 12.8. The predicted octanol–water partition coefficient (Wildman–Crippen LogP) is 3.01. The van der Waals surface area contributed by atoms with Gasteiger partial charge in [0.15, 0.2) is 5.82 Å². The molecule has 2 aliphatic rings. The normalized spacial score (nSPS) is 15.2. The molecule has 206 valence electrons. The van der Waals surface area contributed by atoms with Crippen LogP contribution in [0.3, 0.4) is 0 Å². The summed E-state index contributed by atoms with van der Waals surface area (Å²) >= 11 is 0. The maximum atomic E-state index is 13.0. The monoisotopic (exact) mass is 546 g/mol. The number of carboxylic acid groups (broad SMARTS) is 1. The number of hydrogen-bond donors (Lipinski definition) is 3. The molecule has 1 atom stereocenters. The van der Waals surface area contributed by atoms with E-state index in [2.05, 4.69) is 15.3 Å². The molecule has 1 unspecified atom stereocenters. The highest BCUT2D eigenvalue weighted by atomic mass is 16.6. The van der Waals surface area contributed by atoms with Gasteiger partial charge in [-0.3, -0.25) is 4.79 Å². The fourth-order valence-corrected chi connectivity index (χ4v) is 5.26. The molecule has 0 amide bonds. The number of aromatic nitrogens is 4. The summed E-state index contributed by atoms with van der Waals surface area (Å²) in [6.45, 7) is 2.26. The van der Waals surface area contributed by atoms with Gasteiger partial charge in [-0.25, -0.2) is 19.3 Å².